The molecule has 1 aliphatic heterocycles. The molecule has 2 aromatic carbocycles. The van der Waals surface area contributed by atoms with Gasteiger partial charge in [-0.05, 0) is 24.6 Å². The van der Waals surface area contributed by atoms with Gasteiger partial charge in [0.1, 0.15) is 5.66 Å². The highest BCUT2D eigenvalue weighted by molar-refractivity contribution is 5.91. The highest BCUT2D eigenvalue weighted by Crippen LogP contribution is 2.27. The molecule has 1 fully saturated rings. The highest BCUT2D eigenvalue weighted by atomic mass is 16.6. The van der Waals surface area contributed by atoms with Crippen LogP contribution in [0.15, 0.2) is 54.6 Å². The molecule has 9 nitrogen and oxygen atoms in total. The van der Waals surface area contributed by atoms with Gasteiger partial charge < -0.3 is 0 Å². The summed E-state index contributed by atoms with van der Waals surface area (Å²) in [5, 5.41) is 22.5. The summed E-state index contributed by atoms with van der Waals surface area (Å²) in [5.74, 6) is 0. The van der Waals surface area contributed by atoms with Crippen LogP contribution in [-0.2, 0) is 5.66 Å². The summed E-state index contributed by atoms with van der Waals surface area (Å²) in [6.45, 7) is 2.06. The molecule has 0 aliphatic carbocycles. The number of hydrogen-bond acceptors (Lipinski definition) is 6. The maximum Gasteiger partial charge on any atom is 0.353 e. The number of urea groups is 1. The number of nitrogens with one attached hydrogen (secondary N) is 2. The van der Waals surface area contributed by atoms with Gasteiger partial charge in [-0.15, -0.1) is 0 Å². The van der Waals surface area contributed by atoms with Gasteiger partial charge in [-0.2, -0.15) is 10.7 Å². The Morgan fingerprint density at radius 1 is 1.15 bits per heavy atom. The summed E-state index contributed by atoms with van der Waals surface area (Å²) in [7, 11) is 0. The monoisotopic (exact) mass is 366 g/mol. The Morgan fingerprint density at radius 2 is 1.81 bits per heavy atom. The Kier molecular flexibility index (Phi) is 5.03. The predicted molar refractivity (Wildman–Crippen MR) is 98.0 cm³/mol. The van der Waals surface area contributed by atoms with E-state index in [0.717, 1.165) is 5.56 Å². The first-order valence-electron chi connectivity index (χ1n) is 8.29. The molecule has 9 heteroatoms. The molecular formula is C18H18N6O3. The fourth-order valence-electron chi connectivity index (χ4n) is 2.85. The molecule has 2 aromatic rings. The van der Waals surface area contributed by atoms with Crippen LogP contribution in [0.2, 0.25) is 0 Å². The topological polar surface area (TPSA) is 115 Å². The first-order valence-corrected chi connectivity index (χ1v) is 8.29. The lowest BCUT2D eigenvalue weighted by Crippen LogP contribution is -2.73. The van der Waals surface area contributed by atoms with Crippen molar-refractivity contribution < 1.29 is 9.72 Å². The van der Waals surface area contributed by atoms with E-state index >= 15 is 0 Å². The second-order valence-corrected chi connectivity index (χ2v) is 6.17. The van der Waals surface area contributed by atoms with Gasteiger partial charge >= 0.3 is 6.03 Å². The average molecular weight is 366 g/mol. The number of benzene rings is 2. The van der Waals surface area contributed by atoms with E-state index in [2.05, 4.69) is 10.9 Å². The Labute approximate surface area is 155 Å². The van der Waals surface area contributed by atoms with E-state index < -0.39 is 16.6 Å². The zero-order valence-corrected chi connectivity index (χ0v) is 14.6. The van der Waals surface area contributed by atoms with Crippen LogP contribution in [0.25, 0.3) is 0 Å². The number of hydrazine groups is 2. The Bertz CT molecular complexity index is 880. The van der Waals surface area contributed by atoms with Crippen LogP contribution in [0.3, 0.4) is 0 Å². The summed E-state index contributed by atoms with van der Waals surface area (Å²) >= 11 is 0. The summed E-state index contributed by atoms with van der Waals surface area (Å²) in [5.41, 5.74) is 6.72. The number of carbonyl (C=O) groups is 1. The van der Waals surface area contributed by atoms with Crippen LogP contribution in [0.1, 0.15) is 18.9 Å². The van der Waals surface area contributed by atoms with Gasteiger partial charge in [0.05, 0.1) is 29.6 Å². The average Bonchev–Trinajstić information content (AvgIpc) is 2.69. The molecule has 0 spiro atoms. The number of non-ortho nitro benzene ring substituents is 1. The number of hydrogen-bond donors (Lipinski definition) is 2. The molecule has 0 saturated carbocycles. The van der Waals surface area contributed by atoms with E-state index in [0.29, 0.717) is 5.69 Å². The first kappa shape index (κ1) is 18.3. The van der Waals surface area contributed by atoms with Crippen molar-refractivity contribution in [2.24, 2.45) is 0 Å². The Morgan fingerprint density at radius 3 is 2.41 bits per heavy atom. The van der Waals surface area contributed by atoms with E-state index in [9.17, 15) is 14.9 Å². The number of carbonyl (C=O) groups excluding carboxylic acids is 1. The molecule has 0 aromatic heterocycles. The number of anilines is 1. The van der Waals surface area contributed by atoms with Crippen molar-refractivity contribution in [2.45, 2.75) is 19.0 Å². The summed E-state index contributed by atoms with van der Waals surface area (Å²) in [6.07, 6.45) is 0.164. The number of amides is 2. The number of rotatable bonds is 5. The molecule has 1 atom stereocenters. The molecule has 1 aliphatic rings. The molecule has 138 valence electrons. The van der Waals surface area contributed by atoms with Gasteiger partial charge in [0.15, 0.2) is 0 Å². The maximum absolute atomic E-state index is 12.9. The van der Waals surface area contributed by atoms with Crippen LogP contribution in [0.5, 0.6) is 0 Å². The largest absolute Gasteiger partial charge is 0.353 e. The minimum absolute atomic E-state index is 0.0616. The number of nitro groups is 1. The van der Waals surface area contributed by atoms with Gasteiger partial charge in [-0.1, -0.05) is 30.3 Å². The molecule has 3 rings (SSSR count). The van der Waals surface area contributed by atoms with Crippen LogP contribution >= 0.6 is 0 Å². The standard InChI is InChI=1S/C18H18N6O3/c1-18(14-6-3-2-4-7-14)20-22(13-5-12-19)17(25)23(21-18)15-8-10-16(11-9-15)24(26)27/h2-4,6-11,20-21H,5,13H2,1H3. The second kappa shape index (κ2) is 7.41. The van der Waals surface area contributed by atoms with Crippen LogP contribution < -0.4 is 15.9 Å². The van der Waals surface area contributed by atoms with Crippen LogP contribution in [0, 0.1) is 21.4 Å². The lowest BCUT2D eigenvalue weighted by atomic mass is 10.0. The molecule has 27 heavy (non-hydrogen) atoms. The number of nitro benzene ring substituents is 1. The third kappa shape index (κ3) is 3.72. The Balaban J connectivity index is 1.97. The lowest BCUT2D eigenvalue weighted by molar-refractivity contribution is -0.384. The molecule has 1 saturated heterocycles. The van der Waals surface area contributed by atoms with Crippen molar-refractivity contribution in [2.75, 3.05) is 11.6 Å². The van der Waals surface area contributed by atoms with E-state index in [4.69, 9.17) is 5.26 Å². The van der Waals surface area contributed by atoms with Crippen molar-refractivity contribution in [3.05, 3.63) is 70.3 Å². The summed E-state index contributed by atoms with van der Waals surface area (Å²) < 4.78 is 0. The number of nitrogens with zero attached hydrogens (tertiary/aromatic N) is 4. The number of nitriles is 1. The smallest absolute Gasteiger partial charge is 0.258 e. The van der Waals surface area contributed by atoms with E-state index in [1.165, 1.54) is 34.3 Å². The molecule has 2 amide bonds. The van der Waals surface area contributed by atoms with E-state index in [-0.39, 0.29) is 18.7 Å². The van der Waals surface area contributed by atoms with Crippen molar-refractivity contribution in [1.29, 1.82) is 5.26 Å². The third-order valence-electron chi connectivity index (χ3n) is 4.23. The summed E-state index contributed by atoms with van der Waals surface area (Å²) in [6, 6.07) is 16.8. The fourth-order valence-corrected chi connectivity index (χ4v) is 2.85. The molecule has 0 bridgehead atoms. The zero-order valence-electron chi connectivity index (χ0n) is 14.6. The quantitative estimate of drug-likeness (QED) is 0.621. The first-order chi connectivity index (χ1) is 12.9. The SMILES string of the molecule is CC1(c2ccccc2)NN(CCC#N)C(=O)N(c2ccc([N+](=O)[O-])cc2)N1. The van der Waals surface area contributed by atoms with Gasteiger partial charge in [0.2, 0.25) is 0 Å². The van der Waals surface area contributed by atoms with E-state index in [1.54, 1.807) is 0 Å². The zero-order chi connectivity index (χ0) is 19.4. The van der Waals surface area contributed by atoms with Crippen LogP contribution in [0.4, 0.5) is 16.2 Å². The molecule has 0 radical (unpaired) electrons. The Hall–Kier alpha value is -3.48. The molecule has 1 heterocycles. The van der Waals surface area contributed by atoms with Gasteiger partial charge in [-0.3, -0.25) is 15.1 Å². The van der Waals surface area contributed by atoms with Crippen molar-refractivity contribution in [1.82, 2.24) is 15.9 Å². The molecule has 2 N–H and O–H groups in total. The maximum atomic E-state index is 12.9. The van der Waals surface area contributed by atoms with E-state index in [1.807, 2.05) is 43.3 Å². The molecule has 1 unspecified atom stereocenters. The fraction of sp³-hybridized carbons (Fsp3) is 0.222. The van der Waals surface area contributed by atoms with Gasteiger partial charge in [-0.25, -0.2) is 15.2 Å². The third-order valence-corrected chi connectivity index (χ3v) is 4.23. The van der Waals surface area contributed by atoms with Crippen molar-refractivity contribution >= 4 is 17.4 Å². The van der Waals surface area contributed by atoms with Gasteiger partial charge in [0, 0.05) is 12.1 Å². The second-order valence-electron chi connectivity index (χ2n) is 6.17. The summed E-state index contributed by atoms with van der Waals surface area (Å²) in [4.78, 5) is 23.2. The predicted octanol–water partition coefficient (Wildman–Crippen LogP) is 2.63. The van der Waals surface area contributed by atoms with Crippen molar-refractivity contribution in [3.63, 3.8) is 0 Å². The minimum Gasteiger partial charge on any atom is -0.258 e. The van der Waals surface area contributed by atoms with Crippen molar-refractivity contribution in [3.8, 4) is 6.07 Å². The van der Waals surface area contributed by atoms with Gasteiger partial charge in [0.25, 0.3) is 5.69 Å². The molecular weight excluding hydrogens is 348 g/mol. The van der Waals surface area contributed by atoms with Crippen LogP contribution in [-0.4, -0.2) is 22.5 Å². The highest BCUT2D eigenvalue weighted by Gasteiger charge is 2.40. The lowest BCUT2D eigenvalue weighted by Gasteiger charge is -2.47. The normalized spacial score (nSPS) is 19.6. The minimum atomic E-state index is -0.827.